The van der Waals surface area contributed by atoms with Gasteiger partial charge in [0.15, 0.2) is 18.2 Å². The summed E-state index contributed by atoms with van der Waals surface area (Å²) >= 11 is 0. The van der Waals surface area contributed by atoms with Crippen molar-refractivity contribution in [1.29, 1.82) is 0 Å². The first-order valence-corrected chi connectivity index (χ1v) is 10.7. The van der Waals surface area contributed by atoms with Gasteiger partial charge >= 0.3 is 5.63 Å². The van der Waals surface area contributed by atoms with Crippen LogP contribution in [0.25, 0.3) is 22.1 Å². The molecule has 0 unspecified atom stereocenters. The summed E-state index contributed by atoms with van der Waals surface area (Å²) in [5.41, 5.74) is 3.63. The highest BCUT2D eigenvalue weighted by Gasteiger charge is 2.24. The van der Waals surface area contributed by atoms with Gasteiger partial charge in [-0.15, -0.1) is 0 Å². The number of fused-ring (bicyclic) bond motifs is 4. The summed E-state index contributed by atoms with van der Waals surface area (Å²) < 4.78 is 28.4. The van der Waals surface area contributed by atoms with E-state index < -0.39 is 5.63 Å². The summed E-state index contributed by atoms with van der Waals surface area (Å²) in [6.45, 7) is 1.98. The van der Waals surface area contributed by atoms with E-state index in [4.69, 9.17) is 23.4 Å². The second-order valence-corrected chi connectivity index (χ2v) is 7.93. The van der Waals surface area contributed by atoms with Gasteiger partial charge in [-0.2, -0.15) is 0 Å². The lowest BCUT2D eigenvalue weighted by Crippen LogP contribution is -2.32. The Bertz CT molecular complexity index is 1410. The van der Waals surface area contributed by atoms with Gasteiger partial charge in [-0.05, 0) is 47.5 Å². The average molecular weight is 443 g/mol. The van der Waals surface area contributed by atoms with Gasteiger partial charge in [0.1, 0.15) is 30.3 Å². The lowest BCUT2D eigenvalue weighted by Gasteiger charge is -2.32. The molecule has 2 aliphatic heterocycles. The van der Waals surface area contributed by atoms with Crippen LogP contribution >= 0.6 is 0 Å². The van der Waals surface area contributed by atoms with Crippen molar-refractivity contribution in [1.82, 2.24) is 0 Å². The first-order chi connectivity index (χ1) is 16.2. The highest BCUT2D eigenvalue weighted by molar-refractivity contribution is 5.96. The van der Waals surface area contributed by atoms with Crippen LogP contribution in [0.2, 0.25) is 0 Å². The third kappa shape index (κ3) is 3.42. The predicted molar refractivity (Wildman–Crippen MR) is 124 cm³/mol. The topological polar surface area (TPSA) is 70.4 Å². The maximum Gasteiger partial charge on any atom is 0.336 e. The van der Waals surface area contributed by atoms with E-state index >= 15 is 0 Å². The van der Waals surface area contributed by atoms with E-state index in [0.717, 1.165) is 45.0 Å². The lowest BCUT2D eigenvalue weighted by atomic mass is 9.99. The molecule has 3 aromatic carbocycles. The molecule has 33 heavy (non-hydrogen) atoms. The summed E-state index contributed by atoms with van der Waals surface area (Å²) in [5.74, 6) is 2.93. The van der Waals surface area contributed by atoms with Crippen molar-refractivity contribution >= 4 is 16.7 Å². The van der Waals surface area contributed by atoms with Crippen LogP contribution in [0.15, 0.2) is 69.9 Å². The number of anilines is 1. The van der Waals surface area contributed by atoms with Crippen LogP contribution in [0.3, 0.4) is 0 Å². The third-order valence-electron chi connectivity index (χ3n) is 5.99. The number of hydrogen-bond acceptors (Lipinski definition) is 7. The van der Waals surface area contributed by atoms with Crippen molar-refractivity contribution < 1.29 is 23.4 Å². The Morgan fingerprint density at radius 2 is 1.64 bits per heavy atom. The van der Waals surface area contributed by atoms with E-state index in [1.807, 2.05) is 54.6 Å². The second kappa shape index (κ2) is 7.78. The minimum Gasteiger partial charge on any atom is -0.497 e. The average Bonchev–Trinajstić information content (AvgIpc) is 2.87. The van der Waals surface area contributed by atoms with Crippen LogP contribution in [0, 0.1) is 0 Å². The molecule has 1 aromatic heterocycles. The molecule has 0 fully saturated rings. The second-order valence-electron chi connectivity index (χ2n) is 7.93. The lowest BCUT2D eigenvalue weighted by molar-refractivity contribution is 0.171. The molecule has 0 N–H and O–H groups in total. The van der Waals surface area contributed by atoms with Gasteiger partial charge < -0.3 is 28.3 Å². The highest BCUT2D eigenvalue weighted by Crippen LogP contribution is 2.39. The molecule has 2 aliphatic rings. The number of methoxy groups -OCH3 is 1. The SMILES string of the molecule is COc1ccc(-c2cc(=O)oc3c4c(ccc23)OCN(c2ccc3c(c2)OCCO3)C4)cc1. The van der Waals surface area contributed by atoms with Gasteiger partial charge in [-0.3, -0.25) is 0 Å². The van der Waals surface area contributed by atoms with Gasteiger partial charge in [0, 0.05) is 23.2 Å². The van der Waals surface area contributed by atoms with Crippen molar-refractivity contribution in [3.63, 3.8) is 0 Å². The van der Waals surface area contributed by atoms with Crippen molar-refractivity contribution in [3.8, 4) is 34.1 Å². The molecular weight excluding hydrogens is 422 g/mol. The molecule has 7 heteroatoms. The first-order valence-electron chi connectivity index (χ1n) is 10.7. The number of rotatable bonds is 3. The maximum absolute atomic E-state index is 12.5. The smallest absolute Gasteiger partial charge is 0.336 e. The molecule has 0 radical (unpaired) electrons. The van der Waals surface area contributed by atoms with E-state index in [1.165, 1.54) is 6.07 Å². The van der Waals surface area contributed by atoms with E-state index in [9.17, 15) is 4.79 Å². The van der Waals surface area contributed by atoms with Gasteiger partial charge in [0.05, 0.1) is 19.2 Å². The van der Waals surface area contributed by atoms with E-state index in [2.05, 4.69) is 4.90 Å². The Balaban J connectivity index is 1.42. The third-order valence-corrected chi connectivity index (χ3v) is 5.99. The Kier molecular flexibility index (Phi) is 4.61. The molecule has 0 saturated heterocycles. The van der Waals surface area contributed by atoms with Crippen molar-refractivity contribution in [2.45, 2.75) is 6.54 Å². The van der Waals surface area contributed by atoms with Crippen molar-refractivity contribution in [2.75, 3.05) is 32.0 Å². The first kappa shape index (κ1) is 19.5. The maximum atomic E-state index is 12.5. The monoisotopic (exact) mass is 443 g/mol. The minimum atomic E-state index is -0.404. The Morgan fingerprint density at radius 1 is 0.848 bits per heavy atom. The minimum absolute atomic E-state index is 0.376. The van der Waals surface area contributed by atoms with Crippen molar-refractivity contribution in [3.05, 3.63) is 76.6 Å². The van der Waals surface area contributed by atoms with Crippen LogP contribution in [0.4, 0.5) is 5.69 Å². The molecule has 0 bridgehead atoms. The summed E-state index contributed by atoms with van der Waals surface area (Å²) in [4.78, 5) is 14.6. The van der Waals surface area contributed by atoms with Gasteiger partial charge in [0.25, 0.3) is 0 Å². The molecule has 6 rings (SSSR count). The zero-order valence-electron chi connectivity index (χ0n) is 18.0. The van der Waals surface area contributed by atoms with Crippen LogP contribution in [0.5, 0.6) is 23.0 Å². The largest absolute Gasteiger partial charge is 0.497 e. The summed E-state index contributed by atoms with van der Waals surface area (Å²) in [5, 5.41) is 0.853. The molecule has 166 valence electrons. The molecular formula is C26H21NO6. The standard InChI is InChI=1S/C26H21NO6/c1-29-18-5-2-16(3-6-18)20-13-25(28)33-26-19(20)7-9-22-21(26)14-27(15-32-22)17-4-8-23-24(12-17)31-11-10-30-23/h2-9,12-13H,10-11,14-15H2,1H3. The number of ether oxygens (including phenoxy) is 4. The Hall–Kier alpha value is -4.13. The van der Waals surface area contributed by atoms with Crippen LogP contribution in [-0.4, -0.2) is 27.1 Å². The highest BCUT2D eigenvalue weighted by atomic mass is 16.6. The van der Waals surface area contributed by atoms with Crippen LogP contribution < -0.4 is 29.5 Å². The summed E-state index contributed by atoms with van der Waals surface area (Å²) in [6, 6.07) is 18.9. The normalized spacial score (nSPS) is 14.5. The molecule has 0 atom stereocenters. The van der Waals surface area contributed by atoms with E-state index in [0.29, 0.717) is 37.8 Å². The van der Waals surface area contributed by atoms with Crippen LogP contribution in [0.1, 0.15) is 5.56 Å². The fourth-order valence-corrected chi connectivity index (χ4v) is 4.34. The fourth-order valence-electron chi connectivity index (χ4n) is 4.34. The van der Waals surface area contributed by atoms with E-state index in [-0.39, 0.29) is 0 Å². The van der Waals surface area contributed by atoms with Gasteiger partial charge in [-0.25, -0.2) is 4.79 Å². The summed E-state index contributed by atoms with van der Waals surface area (Å²) in [6.07, 6.45) is 0. The number of nitrogens with zero attached hydrogens (tertiary/aromatic N) is 1. The fraction of sp³-hybridized carbons (Fsp3) is 0.192. The molecule has 0 amide bonds. The molecule has 4 aromatic rings. The van der Waals surface area contributed by atoms with Gasteiger partial charge in [0.2, 0.25) is 0 Å². The molecule has 0 spiro atoms. The van der Waals surface area contributed by atoms with Crippen LogP contribution in [-0.2, 0) is 6.54 Å². The Labute approximate surface area is 189 Å². The van der Waals surface area contributed by atoms with E-state index in [1.54, 1.807) is 7.11 Å². The van der Waals surface area contributed by atoms with Crippen molar-refractivity contribution in [2.24, 2.45) is 0 Å². The number of benzene rings is 3. The Morgan fingerprint density at radius 3 is 2.45 bits per heavy atom. The molecule has 3 heterocycles. The predicted octanol–water partition coefficient (Wildman–Crippen LogP) is 4.60. The molecule has 0 aliphatic carbocycles. The zero-order valence-corrected chi connectivity index (χ0v) is 18.0. The van der Waals surface area contributed by atoms with Gasteiger partial charge in [-0.1, -0.05) is 12.1 Å². The quantitative estimate of drug-likeness (QED) is 0.429. The summed E-state index contributed by atoms with van der Waals surface area (Å²) in [7, 11) is 1.63. The molecule has 0 saturated carbocycles. The zero-order chi connectivity index (χ0) is 22.4. The number of hydrogen-bond donors (Lipinski definition) is 0. The molecule has 7 nitrogen and oxygen atoms in total.